The Balaban J connectivity index is 1.58. The van der Waals surface area contributed by atoms with E-state index in [4.69, 9.17) is 9.47 Å². The molecule has 0 atom stereocenters. The summed E-state index contributed by atoms with van der Waals surface area (Å²) < 4.78 is 10.5. The van der Waals surface area contributed by atoms with Crippen LogP contribution < -0.4 is 14.8 Å². The lowest BCUT2D eigenvalue weighted by Crippen LogP contribution is -2.11. The van der Waals surface area contributed by atoms with Crippen molar-refractivity contribution in [1.82, 2.24) is 10.2 Å². The highest BCUT2D eigenvalue weighted by molar-refractivity contribution is 7.15. The predicted octanol–water partition coefficient (Wildman–Crippen LogP) is 3.29. The Kier molecular flexibility index (Phi) is 5.57. The standard InChI is InChI=1S/C17H14N4O5S/c1-25-13-7-5-11(6-8-13)16(22)18-17-20-19-15(27-17)10-26-14-4-2-3-12(9-14)21(23)24/h2-9H,10H2,1H3,(H,18,20,22). The Bertz CT molecular complexity index is 958. The Morgan fingerprint density at radius 2 is 1.96 bits per heavy atom. The monoisotopic (exact) mass is 386 g/mol. The number of rotatable bonds is 7. The molecule has 138 valence electrons. The van der Waals surface area contributed by atoms with Gasteiger partial charge in [0.05, 0.1) is 18.1 Å². The Morgan fingerprint density at radius 1 is 1.19 bits per heavy atom. The van der Waals surface area contributed by atoms with E-state index in [9.17, 15) is 14.9 Å². The minimum Gasteiger partial charge on any atom is -0.497 e. The zero-order chi connectivity index (χ0) is 19.2. The smallest absolute Gasteiger partial charge is 0.273 e. The van der Waals surface area contributed by atoms with Gasteiger partial charge in [-0.3, -0.25) is 20.2 Å². The number of non-ortho nitro benzene ring substituents is 1. The number of hydrogen-bond donors (Lipinski definition) is 1. The third kappa shape index (κ3) is 4.76. The van der Waals surface area contributed by atoms with Gasteiger partial charge < -0.3 is 9.47 Å². The number of ether oxygens (including phenoxy) is 2. The lowest BCUT2D eigenvalue weighted by Gasteiger charge is -2.03. The average Bonchev–Trinajstić information content (AvgIpc) is 3.14. The van der Waals surface area contributed by atoms with Crippen LogP contribution in [0.5, 0.6) is 11.5 Å². The highest BCUT2D eigenvalue weighted by atomic mass is 32.1. The Labute approximate surface area is 157 Å². The molecule has 0 fully saturated rings. The maximum atomic E-state index is 12.2. The van der Waals surface area contributed by atoms with Crippen molar-refractivity contribution in [1.29, 1.82) is 0 Å². The first-order valence-corrected chi connectivity index (χ1v) is 8.52. The van der Waals surface area contributed by atoms with Crippen molar-refractivity contribution in [3.63, 3.8) is 0 Å². The average molecular weight is 386 g/mol. The number of nitrogens with zero attached hydrogens (tertiary/aromatic N) is 3. The summed E-state index contributed by atoms with van der Waals surface area (Å²) in [6, 6.07) is 12.5. The molecule has 2 aromatic carbocycles. The molecule has 0 saturated carbocycles. The summed E-state index contributed by atoms with van der Waals surface area (Å²) in [7, 11) is 1.55. The first-order valence-electron chi connectivity index (χ1n) is 7.70. The summed E-state index contributed by atoms with van der Waals surface area (Å²) >= 11 is 1.16. The summed E-state index contributed by atoms with van der Waals surface area (Å²) in [4.78, 5) is 22.5. The molecule has 1 aromatic heterocycles. The predicted molar refractivity (Wildman–Crippen MR) is 98.3 cm³/mol. The number of methoxy groups -OCH3 is 1. The van der Waals surface area contributed by atoms with Gasteiger partial charge in [-0.05, 0) is 30.3 Å². The Morgan fingerprint density at radius 3 is 2.67 bits per heavy atom. The van der Waals surface area contributed by atoms with Crippen LogP contribution in [0.1, 0.15) is 15.4 Å². The third-order valence-corrected chi connectivity index (χ3v) is 4.24. The molecule has 27 heavy (non-hydrogen) atoms. The van der Waals surface area contributed by atoms with Gasteiger partial charge in [-0.15, -0.1) is 10.2 Å². The highest BCUT2D eigenvalue weighted by Gasteiger charge is 2.12. The molecule has 10 heteroatoms. The van der Waals surface area contributed by atoms with Gasteiger partial charge in [-0.25, -0.2) is 0 Å². The Hall–Kier alpha value is -3.53. The number of hydrogen-bond acceptors (Lipinski definition) is 8. The molecular weight excluding hydrogens is 372 g/mol. The van der Waals surface area contributed by atoms with E-state index in [1.54, 1.807) is 37.4 Å². The second kappa shape index (κ2) is 8.23. The molecule has 0 aliphatic carbocycles. The summed E-state index contributed by atoms with van der Waals surface area (Å²) in [6.45, 7) is 0.0806. The normalized spacial score (nSPS) is 10.3. The quantitative estimate of drug-likeness (QED) is 0.489. The molecule has 1 amide bonds. The number of carbonyl (C=O) groups excluding carboxylic acids is 1. The van der Waals surface area contributed by atoms with Crippen LogP contribution in [0.4, 0.5) is 10.8 Å². The van der Waals surface area contributed by atoms with Crippen LogP contribution in [-0.2, 0) is 6.61 Å². The van der Waals surface area contributed by atoms with Gasteiger partial charge in [0.2, 0.25) is 5.13 Å². The largest absolute Gasteiger partial charge is 0.497 e. The number of aromatic nitrogens is 2. The number of amides is 1. The SMILES string of the molecule is COc1ccc(C(=O)Nc2nnc(COc3cccc([N+](=O)[O-])c3)s2)cc1. The van der Waals surface area contributed by atoms with Crippen LogP contribution in [0, 0.1) is 10.1 Å². The van der Waals surface area contributed by atoms with E-state index < -0.39 is 4.92 Å². The lowest BCUT2D eigenvalue weighted by molar-refractivity contribution is -0.384. The van der Waals surface area contributed by atoms with Gasteiger partial charge in [0.15, 0.2) is 5.01 Å². The van der Waals surface area contributed by atoms with E-state index in [2.05, 4.69) is 15.5 Å². The molecule has 3 aromatic rings. The molecule has 0 radical (unpaired) electrons. The van der Waals surface area contributed by atoms with Crippen LogP contribution in [0.15, 0.2) is 48.5 Å². The minimum absolute atomic E-state index is 0.0581. The number of nitro groups is 1. The zero-order valence-corrected chi connectivity index (χ0v) is 14.9. The molecular formula is C17H14N4O5S. The molecule has 3 rings (SSSR count). The third-order valence-electron chi connectivity index (χ3n) is 3.43. The fourth-order valence-electron chi connectivity index (χ4n) is 2.11. The molecule has 0 unspecified atom stereocenters. The molecule has 1 N–H and O–H groups in total. The van der Waals surface area contributed by atoms with Crippen LogP contribution in [0.3, 0.4) is 0 Å². The van der Waals surface area contributed by atoms with Gasteiger partial charge in [-0.2, -0.15) is 0 Å². The minimum atomic E-state index is -0.495. The summed E-state index contributed by atoms with van der Waals surface area (Å²) in [5.74, 6) is 0.686. The number of anilines is 1. The molecule has 0 spiro atoms. The first kappa shape index (κ1) is 18.3. The first-order chi connectivity index (χ1) is 13.0. The van der Waals surface area contributed by atoms with E-state index in [0.717, 1.165) is 11.3 Å². The number of nitrogens with one attached hydrogen (secondary N) is 1. The second-order valence-electron chi connectivity index (χ2n) is 5.23. The number of benzene rings is 2. The van der Waals surface area contributed by atoms with Crippen LogP contribution in [0.25, 0.3) is 0 Å². The molecule has 0 aliphatic rings. The highest BCUT2D eigenvalue weighted by Crippen LogP contribution is 2.22. The molecule has 1 heterocycles. The van der Waals surface area contributed by atoms with Crippen molar-refractivity contribution in [2.45, 2.75) is 6.61 Å². The van der Waals surface area contributed by atoms with Gasteiger partial charge in [0, 0.05) is 11.6 Å². The van der Waals surface area contributed by atoms with Gasteiger partial charge in [-0.1, -0.05) is 17.4 Å². The van der Waals surface area contributed by atoms with Crippen molar-refractivity contribution in [2.24, 2.45) is 0 Å². The van der Waals surface area contributed by atoms with Crippen molar-refractivity contribution >= 4 is 28.1 Å². The van der Waals surface area contributed by atoms with Crippen molar-refractivity contribution < 1.29 is 19.2 Å². The van der Waals surface area contributed by atoms with E-state index >= 15 is 0 Å². The number of nitro benzene ring substituents is 1. The fourth-order valence-corrected chi connectivity index (χ4v) is 2.75. The molecule has 9 nitrogen and oxygen atoms in total. The maximum absolute atomic E-state index is 12.2. The van der Waals surface area contributed by atoms with E-state index in [0.29, 0.717) is 27.2 Å². The van der Waals surface area contributed by atoms with Crippen molar-refractivity contribution in [3.05, 3.63) is 69.2 Å². The summed E-state index contributed by atoms with van der Waals surface area (Å²) in [6.07, 6.45) is 0. The molecule has 0 saturated heterocycles. The molecule has 0 aliphatic heterocycles. The van der Waals surface area contributed by atoms with Crippen molar-refractivity contribution in [2.75, 3.05) is 12.4 Å². The van der Waals surface area contributed by atoms with Crippen LogP contribution in [0.2, 0.25) is 0 Å². The number of carbonyl (C=O) groups is 1. The van der Waals surface area contributed by atoms with Crippen LogP contribution >= 0.6 is 11.3 Å². The van der Waals surface area contributed by atoms with Crippen molar-refractivity contribution in [3.8, 4) is 11.5 Å². The van der Waals surface area contributed by atoms with Gasteiger partial charge in [0.1, 0.15) is 18.1 Å². The van der Waals surface area contributed by atoms with E-state index in [-0.39, 0.29) is 18.2 Å². The van der Waals surface area contributed by atoms with E-state index in [1.807, 2.05) is 0 Å². The summed E-state index contributed by atoms with van der Waals surface area (Å²) in [5.41, 5.74) is 0.401. The maximum Gasteiger partial charge on any atom is 0.273 e. The molecule has 0 bridgehead atoms. The topological polar surface area (TPSA) is 116 Å². The van der Waals surface area contributed by atoms with Crippen LogP contribution in [-0.4, -0.2) is 28.1 Å². The summed E-state index contributed by atoms with van der Waals surface area (Å²) in [5, 5.41) is 22.1. The second-order valence-corrected chi connectivity index (χ2v) is 6.29. The zero-order valence-electron chi connectivity index (χ0n) is 14.1. The van der Waals surface area contributed by atoms with Gasteiger partial charge in [0.25, 0.3) is 11.6 Å². The van der Waals surface area contributed by atoms with E-state index in [1.165, 1.54) is 18.2 Å². The fraction of sp³-hybridized carbons (Fsp3) is 0.118. The van der Waals surface area contributed by atoms with Gasteiger partial charge >= 0.3 is 0 Å². The lowest BCUT2D eigenvalue weighted by atomic mass is 10.2.